The standard InChI is InChI=1S/C17H33N3O3/c1-7-13(3)14(18-16(22)23-17(4,5)6)15(21)20-11-9-19(8-2)10-12-20/h13-14H,7-12H2,1-6H3,(H,18,22). The van der Waals surface area contributed by atoms with Gasteiger partial charge in [-0.15, -0.1) is 0 Å². The van der Waals surface area contributed by atoms with Gasteiger partial charge in [-0.05, 0) is 33.2 Å². The van der Waals surface area contributed by atoms with Crippen molar-refractivity contribution in [1.29, 1.82) is 0 Å². The topological polar surface area (TPSA) is 61.9 Å². The van der Waals surface area contributed by atoms with E-state index in [0.29, 0.717) is 0 Å². The zero-order valence-electron chi connectivity index (χ0n) is 15.5. The quantitative estimate of drug-likeness (QED) is 0.840. The monoisotopic (exact) mass is 327 g/mol. The van der Waals surface area contributed by atoms with E-state index < -0.39 is 17.7 Å². The summed E-state index contributed by atoms with van der Waals surface area (Å²) < 4.78 is 5.31. The smallest absolute Gasteiger partial charge is 0.408 e. The van der Waals surface area contributed by atoms with Crippen molar-refractivity contribution in [2.24, 2.45) is 5.92 Å². The second-order valence-corrected chi connectivity index (χ2v) is 7.27. The summed E-state index contributed by atoms with van der Waals surface area (Å²) >= 11 is 0. The molecule has 1 fully saturated rings. The number of hydrogen-bond acceptors (Lipinski definition) is 4. The predicted octanol–water partition coefficient (Wildman–Crippen LogP) is 2.09. The molecule has 0 spiro atoms. The van der Waals surface area contributed by atoms with Crippen molar-refractivity contribution in [2.75, 3.05) is 32.7 Å². The first-order valence-electron chi connectivity index (χ1n) is 8.68. The van der Waals surface area contributed by atoms with E-state index in [1.165, 1.54) is 0 Å². The lowest BCUT2D eigenvalue weighted by Crippen LogP contribution is -2.57. The van der Waals surface area contributed by atoms with Gasteiger partial charge in [0.1, 0.15) is 11.6 Å². The molecule has 0 bridgehead atoms. The SMILES string of the molecule is CCC(C)C(NC(=O)OC(C)(C)C)C(=O)N1CCN(CC)CC1. The molecule has 2 unspecified atom stereocenters. The highest BCUT2D eigenvalue weighted by Gasteiger charge is 2.32. The van der Waals surface area contributed by atoms with Gasteiger partial charge in [0.05, 0.1) is 0 Å². The maximum absolute atomic E-state index is 12.8. The molecule has 23 heavy (non-hydrogen) atoms. The van der Waals surface area contributed by atoms with Gasteiger partial charge in [-0.25, -0.2) is 4.79 Å². The van der Waals surface area contributed by atoms with Crippen molar-refractivity contribution in [2.45, 2.75) is 59.6 Å². The molecule has 0 aromatic heterocycles. The first kappa shape index (κ1) is 19.7. The Labute approximate surface area is 140 Å². The molecule has 0 aromatic carbocycles. The van der Waals surface area contributed by atoms with Crippen LogP contribution < -0.4 is 5.32 Å². The van der Waals surface area contributed by atoms with Gasteiger partial charge in [-0.2, -0.15) is 0 Å². The number of ether oxygens (including phenoxy) is 1. The van der Waals surface area contributed by atoms with Crippen molar-refractivity contribution in [1.82, 2.24) is 15.1 Å². The zero-order valence-corrected chi connectivity index (χ0v) is 15.5. The van der Waals surface area contributed by atoms with E-state index in [-0.39, 0.29) is 11.8 Å². The molecule has 1 aliphatic heterocycles. The van der Waals surface area contributed by atoms with Crippen molar-refractivity contribution >= 4 is 12.0 Å². The number of amides is 2. The lowest BCUT2D eigenvalue weighted by atomic mass is 9.97. The third kappa shape index (κ3) is 6.37. The van der Waals surface area contributed by atoms with Crippen LogP contribution >= 0.6 is 0 Å². The number of alkyl carbamates (subject to hydrolysis) is 1. The molecule has 0 saturated carbocycles. The van der Waals surface area contributed by atoms with Crippen LogP contribution in [0.5, 0.6) is 0 Å². The highest BCUT2D eigenvalue weighted by atomic mass is 16.6. The van der Waals surface area contributed by atoms with Crippen LogP contribution in [-0.2, 0) is 9.53 Å². The van der Waals surface area contributed by atoms with E-state index in [4.69, 9.17) is 4.74 Å². The summed E-state index contributed by atoms with van der Waals surface area (Å²) in [5, 5.41) is 2.78. The summed E-state index contributed by atoms with van der Waals surface area (Å²) in [6.07, 6.45) is 0.296. The third-order valence-electron chi connectivity index (χ3n) is 4.28. The lowest BCUT2D eigenvalue weighted by Gasteiger charge is -2.37. The fourth-order valence-corrected chi connectivity index (χ4v) is 2.60. The van der Waals surface area contributed by atoms with Gasteiger partial charge in [-0.3, -0.25) is 4.79 Å². The van der Waals surface area contributed by atoms with Crippen LogP contribution in [0.3, 0.4) is 0 Å². The summed E-state index contributed by atoms with van der Waals surface area (Å²) in [4.78, 5) is 29.1. The number of piperazine rings is 1. The van der Waals surface area contributed by atoms with Crippen LogP contribution in [0.15, 0.2) is 0 Å². The van der Waals surface area contributed by atoms with Gasteiger partial charge < -0.3 is 19.9 Å². The maximum Gasteiger partial charge on any atom is 0.408 e. The largest absolute Gasteiger partial charge is 0.444 e. The van der Waals surface area contributed by atoms with Gasteiger partial charge in [-0.1, -0.05) is 27.2 Å². The average Bonchev–Trinajstić information content (AvgIpc) is 2.49. The molecule has 1 heterocycles. The van der Waals surface area contributed by atoms with Crippen LogP contribution in [0, 0.1) is 5.92 Å². The Hall–Kier alpha value is -1.30. The second kappa shape index (κ2) is 8.52. The van der Waals surface area contributed by atoms with Crippen molar-refractivity contribution < 1.29 is 14.3 Å². The first-order chi connectivity index (χ1) is 10.7. The third-order valence-corrected chi connectivity index (χ3v) is 4.28. The van der Waals surface area contributed by atoms with Crippen molar-refractivity contribution in [3.63, 3.8) is 0 Å². The summed E-state index contributed by atoms with van der Waals surface area (Å²) in [7, 11) is 0. The molecule has 2 amide bonds. The minimum atomic E-state index is -0.570. The molecule has 1 saturated heterocycles. The van der Waals surface area contributed by atoms with Crippen LogP contribution in [0.1, 0.15) is 48.0 Å². The number of likely N-dealkylation sites (N-methyl/N-ethyl adjacent to an activating group) is 1. The highest BCUT2D eigenvalue weighted by molar-refractivity contribution is 5.86. The van der Waals surface area contributed by atoms with Gasteiger partial charge in [0.25, 0.3) is 0 Å². The number of nitrogens with zero attached hydrogens (tertiary/aromatic N) is 2. The van der Waals surface area contributed by atoms with E-state index in [1.54, 1.807) is 0 Å². The Balaban J connectivity index is 2.70. The van der Waals surface area contributed by atoms with E-state index in [0.717, 1.165) is 39.1 Å². The minimum Gasteiger partial charge on any atom is -0.444 e. The zero-order chi connectivity index (χ0) is 17.6. The van der Waals surface area contributed by atoms with Gasteiger partial charge in [0.2, 0.25) is 5.91 Å². The fourth-order valence-electron chi connectivity index (χ4n) is 2.60. The first-order valence-corrected chi connectivity index (χ1v) is 8.68. The fraction of sp³-hybridized carbons (Fsp3) is 0.882. The summed E-state index contributed by atoms with van der Waals surface area (Å²) in [6.45, 7) is 15.8. The Morgan fingerprint density at radius 3 is 2.13 bits per heavy atom. The van der Waals surface area contributed by atoms with Gasteiger partial charge in [0, 0.05) is 26.2 Å². The molecule has 0 aliphatic carbocycles. The highest BCUT2D eigenvalue weighted by Crippen LogP contribution is 2.14. The number of carbonyl (C=O) groups excluding carboxylic acids is 2. The number of rotatable bonds is 5. The van der Waals surface area contributed by atoms with Crippen LogP contribution in [0.2, 0.25) is 0 Å². The van der Waals surface area contributed by atoms with Gasteiger partial charge >= 0.3 is 6.09 Å². The number of nitrogens with one attached hydrogen (secondary N) is 1. The molecule has 1 aliphatic rings. The summed E-state index contributed by atoms with van der Waals surface area (Å²) in [5.74, 6) is 0.0696. The second-order valence-electron chi connectivity index (χ2n) is 7.27. The molecule has 6 heteroatoms. The molecule has 0 radical (unpaired) electrons. The minimum absolute atomic E-state index is 0.000891. The van der Waals surface area contributed by atoms with E-state index >= 15 is 0 Å². The molecular formula is C17H33N3O3. The average molecular weight is 327 g/mol. The van der Waals surface area contributed by atoms with Crippen molar-refractivity contribution in [3.05, 3.63) is 0 Å². The lowest BCUT2D eigenvalue weighted by molar-refractivity contribution is -0.136. The Morgan fingerprint density at radius 1 is 1.13 bits per heavy atom. The Morgan fingerprint density at radius 2 is 1.70 bits per heavy atom. The number of carbonyl (C=O) groups is 2. The number of hydrogen-bond donors (Lipinski definition) is 1. The molecule has 2 atom stereocenters. The molecule has 6 nitrogen and oxygen atoms in total. The summed E-state index contributed by atoms with van der Waals surface area (Å²) in [5.41, 5.74) is -0.570. The molecule has 1 N–H and O–H groups in total. The molecular weight excluding hydrogens is 294 g/mol. The van der Waals surface area contributed by atoms with E-state index in [1.807, 2.05) is 39.5 Å². The Kier molecular flexibility index (Phi) is 7.32. The predicted molar refractivity (Wildman–Crippen MR) is 91.3 cm³/mol. The maximum atomic E-state index is 12.8. The Bertz CT molecular complexity index is 398. The van der Waals surface area contributed by atoms with E-state index in [9.17, 15) is 9.59 Å². The van der Waals surface area contributed by atoms with E-state index in [2.05, 4.69) is 17.1 Å². The molecule has 0 aromatic rings. The van der Waals surface area contributed by atoms with Crippen LogP contribution in [0.4, 0.5) is 4.79 Å². The van der Waals surface area contributed by atoms with Crippen LogP contribution in [0.25, 0.3) is 0 Å². The van der Waals surface area contributed by atoms with Gasteiger partial charge in [0.15, 0.2) is 0 Å². The van der Waals surface area contributed by atoms with Crippen molar-refractivity contribution in [3.8, 4) is 0 Å². The molecule has 134 valence electrons. The normalized spacial score (nSPS) is 19.1. The molecule has 1 rings (SSSR count). The summed E-state index contributed by atoms with van der Waals surface area (Å²) in [6, 6.07) is -0.525. The van der Waals surface area contributed by atoms with Crippen LogP contribution in [-0.4, -0.2) is 66.2 Å².